The molecule has 0 spiro atoms. The van der Waals surface area contributed by atoms with Crippen molar-refractivity contribution in [3.05, 3.63) is 76.1 Å². The number of benzene rings is 2. The summed E-state index contributed by atoms with van der Waals surface area (Å²) >= 11 is 0. The highest BCUT2D eigenvalue weighted by Gasteiger charge is 2.68. The molecule has 0 bridgehead atoms. The third-order valence-electron chi connectivity index (χ3n) is 8.04. The van der Waals surface area contributed by atoms with Crippen molar-refractivity contribution in [3.8, 4) is 11.5 Å². The highest BCUT2D eigenvalue weighted by Crippen LogP contribution is 2.56. The van der Waals surface area contributed by atoms with Crippen LogP contribution in [0.4, 0.5) is 0 Å². The van der Waals surface area contributed by atoms with Crippen LogP contribution in [0.3, 0.4) is 0 Å². The predicted octanol–water partition coefficient (Wildman–Crippen LogP) is 1.33. The number of phenolic OH excluding ortho intramolecular Hbond substituents is 1. The molecule has 0 aliphatic heterocycles. The molecule has 5 atom stereocenters. The van der Waals surface area contributed by atoms with E-state index in [0.717, 1.165) is 0 Å². The van der Waals surface area contributed by atoms with Gasteiger partial charge in [0.25, 0.3) is 5.91 Å². The number of carbonyl (C=O) groups excluding carboxylic acids is 3. The molecular formula is C30H30N2O9. The number of nitrogens with zero attached hydrogens (tertiary/aromatic N) is 1. The minimum atomic E-state index is -2.99. The Morgan fingerprint density at radius 3 is 2.34 bits per heavy atom. The summed E-state index contributed by atoms with van der Waals surface area (Å²) in [5.74, 6) is -8.29. The van der Waals surface area contributed by atoms with Gasteiger partial charge in [-0.15, -0.1) is 0 Å². The zero-order valence-electron chi connectivity index (χ0n) is 22.5. The van der Waals surface area contributed by atoms with Gasteiger partial charge in [0.05, 0.1) is 35.8 Å². The minimum Gasteiger partial charge on any atom is -0.508 e. The fraction of sp³-hybridized carbons (Fsp3) is 0.300. The van der Waals surface area contributed by atoms with Crippen LogP contribution in [0.2, 0.25) is 0 Å². The van der Waals surface area contributed by atoms with Gasteiger partial charge in [0.2, 0.25) is 5.78 Å². The van der Waals surface area contributed by atoms with Crippen molar-refractivity contribution in [2.45, 2.75) is 24.7 Å². The Kier molecular flexibility index (Phi) is 6.77. The lowest BCUT2D eigenvalue weighted by Gasteiger charge is -2.53. The van der Waals surface area contributed by atoms with Crippen molar-refractivity contribution < 1.29 is 44.7 Å². The Morgan fingerprint density at radius 2 is 1.76 bits per heavy atom. The van der Waals surface area contributed by atoms with Gasteiger partial charge in [0.1, 0.15) is 28.6 Å². The number of phenols is 1. The smallest absolute Gasteiger partial charge is 0.255 e. The van der Waals surface area contributed by atoms with E-state index in [-0.39, 0.29) is 11.3 Å². The van der Waals surface area contributed by atoms with E-state index < -0.39 is 69.7 Å². The maximum atomic E-state index is 14.2. The number of ketones is 2. The highest BCUT2D eigenvalue weighted by atomic mass is 16.5. The summed E-state index contributed by atoms with van der Waals surface area (Å²) in [7, 11) is 2.91. The average molecular weight is 563 g/mol. The molecule has 7 N–H and O–H groups in total. The number of likely N-dealkylation sites (N-methyl/N-ethyl adjacent to an activating group) is 1. The number of primary amides is 1. The number of aliphatic hydroxyl groups excluding tert-OH is 3. The molecule has 2 aromatic rings. The third-order valence-corrected chi connectivity index (χ3v) is 8.04. The SMILES string of the molecule is CCOc1ccc(/C=C2\c3cccc(O)c3C(O)=C3C(=O)C4(O)C(O)=C(C(N)=O)C(=O)C(N(C)C)C4C(O)C32)cc1. The fourth-order valence-corrected chi connectivity index (χ4v) is 6.32. The lowest BCUT2D eigenvalue weighted by Crippen LogP contribution is -2.70. The number of hydrogen-bond acceptors (Lipinski definition) is 10. The first-order valence-electron chi connectivity index (χ1n) is 13.0. The van der Waals surface area contributed by atoms with Gasteiger partial charge in [0.15, 0.2) is 11.4 Å². The van der Waals surface area contributed by atoms with E-state index in [1.54, 1.807) is 36.4 Å². The molecule has 3 aliphatic rings. The fourth-order valence-electron chi connectivity index (χ4n) is 6.32. The Morgan fingerprint density at radius 1 is 1.10 bits per heavy atom. The molecule has 0 heterocycles. The van der Waals surface area contributed by atoms with Crippen LogP contribution >= 0.6 is 0 Å². The third kappa shape index (κ3) is 3.96. The van der Waals surface area contributed by atoms with Gasteiger partial charge in [-0.05, 0) is 55.9 Å². The van der Waals surface area contributed by atoms with Crippen LogP contribution in [0.15, 0.2) is 59.4 Å². The number of rotatable bonds is 5. The molecule has 2 aromatic carbocycles. The molecule has 5 rings (SSSR count). The number of amides is 1. The molecule has 0 saturated heterocycles. The summed E-state index contributed by atoms with van der Waals surface area (Å²) in [6, 6.07) is 9.93. The molecule has 214 valence electrons. The van der Waals surface area contributed by atoms with Crippen LogP contribution in [0, 0.1) is 11.8 Å². The Balaban J connectivity index is 1.81. The summed E-state index contributed by atoms with van der Waals surface area (Å²) in [6.07, 6.45) is -0.0848. The zero-order valence-corrected chi connectivity index (χ0v) is 22.5. The topological polar surface area (TPSA) is 191 Å². The Hall–Kier alpha value is -4.45. The largest absolute Gasteiger partial charge is 0.508 e. The summed E-state index contributed by atoms with van der Waals surface area (Å²) < 4.78 is 5.50. The normalized spacial score (nSPS) is 28.5. The van der Waals surface area contributed by atoms with Gasteiger partial charge in [-0.25, -0.2) is 0 Å². The van der Waals surface area contributed by atoms with Crippen LogP contribution in [-0.2, 0) is 14.4 Å². The number of nitrogens with two attached hydrogens (primary N) is 1. The van der Waals surface area contributed by atoms with Crippen molar-refractivity contribution in [1.29, 1.82) is 0 Å². The molecular weight excluding hydrogens is 532 g/mol. The maximum absolute atomic E-state index is 14.2. The van der Waals surface area contributed by atoms with Gasteiger partial charge >= 0.3 is 0 Å². The van der Waals surface area contributed by atoms with Crippen LogP contribution in [0.5, 0.6) is 11.5 Å². The highest BCUT2D eigenvalue weighted by molar-refractivity contribution is 6.25. The quantitative estimate of drug-likeness (QED) is 0.290. The van der Waals surface area contributed by atoms with E-state index in [9.17, 15) is 39.9 Å². The molecule has 3 aliphatic carbocycles. The van der Waals surface area contributed by atoms with Crippen LogP contribution < -0.4 is 10.5 Å². The second-order valence-electron chi connectivity index (χ2n) is 10.5. The molecule has 1 saturated carbocycles. The summed E-state index contributed by atoms with van der Waals surface area (Å²) in [5, 5.41) is 56.9. The van der Waals surface area contributed by atoms with E-state index in [0.29, 0.717) is 29.1 Å². The molecule has 1 fully saturated rings. The minimum absolute atomic E-state index is 0.117. The predicted molar refractivity (Wildman–Crippen MR) is 147 cm³/mol. The second-order valence-corrected chi connectivity index (χ2v) is 10.5. The van der Waals surface area contributed by atoms with E-state index in [1.807, 2.05) is 6.92 Å². The molecule has 41 heavy (non-hydrogen) atoms. The van der Waals surface area contributed by atoms with Gasteiger partial charge in [-0.2, -0.15) is 0 Å². The lowest BCUT2D eigenvalue weighted by molar-refractivity contribution is -0.166. The molecule has 0 aromatic heterocycles. The van der Waals surface area contributed by atoms with Gasteiger partial charge < -0.3 is 36.0 Å². The van der Waals surface area contributed by atoms with Crippen molar-refractivity contribution >= 4 is 34.9 Å². The number of aliphatic hydroxyl groups is 4. The van der Waals surface area contributed by atoms with Gasteiger partial charge in [0, 0.05) is 5.92 Å². The van der Waals surface area contributed by atoms with E-state index in [4.69, 9.17) is 10.5 Å². The number of Topliss-reactive ketones (excluding diaryl/α,β-unsaturated/α-hetero) is 2. The van der Waals surface area contributed by atoms with Crippen molar-refractivity contribution in [2.75, 3.05) is 20.7 Å². The molecule has 1 amide bonds. The number of ether oxygens (including phenoxy) is 1. The Bertz CT molecular complexity index is 1570. The average Bonchev–Trinajstić information content (AvgIpc) is 2.91. The first-order valence-corrected chi connectivity index (χ1v) is 13.0. The lowest BCUT2D eigenvalue weighted by atomic mass is 9.55. The van der Waals surface area contributed by atoms with Crippen molar-refractivity contribution in [1.82, 2.24) is 4.90 Å². The van der Waals surface area contributed by atoms with E-state index >= 15 is 0 Å². The first-order chi connectivity index (χ1) is 19.4. The number of carbonyl (C=O) groups is 3. The second kappa shape index (κ2) is 9.88. The summed E-state index contributed by atoms with van der Waals surface area (Å²) in [5.41, 5.74) is 2.04. The van der Waals surface area contributed by atoms with Crippen molar-refractivity contribution in [3.63, 3.8) is 0 Å². The number of fused-ring (bicyclic) bond motifs is 3. The van der Waals surface area contributed by atoms with E-state index in [2.05, 4.69) is 0 Å². The van der Waals surface area contributed by atoms with Gasteiger partial charge in [-0.1, -0.05) is 30.3 Å². The maximum Gasteiger partial charge on any atom is 0.255 e. The summed E-state index contributed by atoms with van der Waals surface area (Å²) in [6.45, 7) is 2.31. The standard InChI is InChI=1S/C30H30N2O9/c1-4-41-14-10-8-13(9-11-14)12-16-15-6-5-7-17(33)18(15)24(34)20-19(16)25(35)22-23(32(2)3)26(36)21(29(31)39)28(38)30(22,40)27(20)37/h5-12,19,22-23,25,33-35,38,40H,4H2,1-3H3,(H2,31,39)/b16-12+. The van der Waals surface area contributed by atoms with Crippen molar-refractivity contribution in [2.24, 2.45) is 17.6 Å². The number of hydrogen-bond donors (Lipinski definition) is 6. The van der Waals surface area contributed by atoms with E-state index in [1.165, 1.54) is 31.1 Å². The van der Waals surface area contributed by atoms with Gasteiger partial charge in [-0.3, -0.25) is 19.3 Å². The first kappa shape index (κ1) is 28.1. The van der Waals surface area contributed by atoms with Crippen LogP contribution in [-0.4, -0.2) is 86.4 Å². The van der Waals surface area contributed by atoms with Crippen LogP contribution in [0.1, 0.15) is 23.6 Å². The molecule has 0 radical (unpaired) electrons. The monoisotopic (exact) mass is 562 g/mol. The Labute approximate surface area is 235 Å². The molecule has 11 heteroatoms. The molecule has 5 unspecified atom stereocenters. The molecule has 11 nitrogen and oxygen atoms in total. The number of aromatic hydroxyl groups is 1. The summed E-state index contributed by atoms with van der Waals surface area (Å²) in [4.78, 5) is 41.1. The van der Waals surface area contributed by atoms with Crippen LogP contribution in [0.25, 0.3) is 17.4 Å². The zero-order chi connectivity index (χ0) is 30.0.